The van der Waals surface area contributed by atoms with Crippen molar-refractivity contribution in [2.75, 3.05) is 13.1 Å². The van der Waals surface area contributed by atoms with E-state index in [4.69, 9.17) is 31.9 Å². The van der Waals surface area contributed by atoms with Gasteiger partial charge < -0.3 is 0 Å². The zero-order valence-corrected chi connectivity index (χ0v) is 24.4. The Morgan fingerprint density at radius 1 is 0.600 bits per heavy atom. The number of amides is 4. The molecule has 40 heavy (non-hydrogen) atoms. The van der Waals surface area contributed by atoms with Gasteiger partial charge in [0, 0.05) is 0 Å². The standard InChI is InChI=1S/C20H32N6O12Se2/c21-9(19(35)36)1-3-13(27)25-11(17(33)23-5-15(29)30)7-39-40-8-12(18(34)24-6-16(31)32)26-14(28)4-2-10(22)20(37)38/h9-12H,1-8,21-22H2,(H,23,33)(H,24,34)(H,25,27)(H,26,28)(H,29,30)(H,31,32)(H,35,36)(H,37,38)/t9?,10?,11-,12-/m0/s1. The molecule has 2 unspecified atom stereocenters. The molecule has 0 fully saturated rings. The normalized spacial score (nSPS) is 13.6. The first kappa shape index (κ1) is 36.7. The van der Waals surface area contributed by atoms with Gasteiger partial charge in [-0.15, -0.1) is 0 Å². The predicted octanol–water partition coefficient (Wildman–Crippen LogP) is -5.10. The first-order valence-corrected chi connectivity index (χ1v) is 18.2. The van der Waals surface area contributed by atoms with Gasteiger partial charge in [-0.05, 0) is 0 Å². The Kier molecular flexibility index (Phi) is 18.1. The molecule has 12 N–H and O–H groups in total. The molecule has 4 amide bonds. The molecule has 0 spiro atoms. The van der Waals surface area contributed by atoms with Crippen molar-refractivity contribution in [2.24, 2.45) is 11.5 Å². The Labute approximate surface area is 238 Å². The number of carbonyl (C=O) groups is 8. The van der Waals surface area contributed by atoms with Gasteiger partial charge in [0.2, 0.25) is 0 Å². The van der Waals surface area contributed by atoms with Crippen molar-refractivity contribution in [3.8, 4) is 0 Å². The summed E-state index contributed by atoms with van der Waals surface area (Å²) >= 11 is -0.824. The molecule has 18 nitrogen and oxygen atoms in total. The summed E-state index contributed by atoms with van der Waals surface area (Å²) in [5.41, 5.74) is 10.7. The van der Waals surface area contributed by atoms with Gasteiger partial charge >= 0.3 is 239 Å². The third kappa shape index (κ3) is 17.3. The number of hydrogen-bond donors (Lipinski definition) is 10. The summed E-state index contributed by atoms with van der Waals surface area (Å²) in [6.45, 7) is -1.42. The SMILES string of the molecule is NC(CCC(=O)N[C@@H](C[Se][Se]C[C@H](NC(=O)CCC(N)C(=O)O)C(=O)NCC(=O)O)C(=O)NCC(=O)O)C(=O)O. The molecular formula is C20H32N6O12Se2. The summed E-state index contributed by atoms with van der Waals surface area (Å²) in [4.78, 5) is 92.5. The van der Waals surface area contributed by atoms with Crippen molar-refractivity contribution in [1.82, 2.24) is 21.3 Å². The Bertz CT molecular complexity index is 879. The second-order valence-electron chi connectivity index (χ2n) is 8.00. The number of carboxylic acids is 4. The van der Waals surface area contributed by atoms with E-state index < -0.39 is 111 Å². The van der Waals surface area contributed by atoms with Crippen molar-refractivity contribution in [1.29, 1.82) is 0 Å². The average Bonchev–Trinajstić information content (AvgIpc) is 2.87. The summed E-state index contributed by atoms with van der Waals surface area (Å²) in [5.74, 6) is -8.24. The number of carbonyl (C=O) groups excluding carboxylic acids is 4. The van der Waals surface area contributed by atoms with E-state index in [1.807, 2.05) is 0 Å². The van der Waals surface area contributed by atoms with E-state index >= 15 is 0 Å². The number of carboxylic acid groups (broad SMARTS) is 4. The molecule has 0 aromatic rings. The van der Waals surface area contributed by atoms with Crippen LogP contribution in [0.3, 0.4) is 0 Å². The minimum absolute atomic E-state index is 0.0556. The zero-order chi connectivity index (χ0) is 30.8. The van der Waals surface area contributed by atoms with E-state index in [2.05, 4.69) is 21.3 Å². The second-order valence-corrected chi connectivity index (χ2v) is 15.5. The van der Waals surface area contributed by atoms with E-state index in [-0.39, 0.29) is 36.3 Å². The van der Waals surface area contributed by atoms with Gasteiger partial charge in [0.05, 0.1) is 0 Å². The monoisotopic (exact) mass is 708 g/mol. The molecular weight excluding hydrogens is 674 g/mol. The quantitative estimate of drug-likeness (QED) is 0.0395. The molecule has 226 valence electrons. The maximum atomic E-state index is 12.4. The Hall–Kier alpha value is -3.28. The van der Waals surface area contributed by atoms with Crippen LogP contribution in [-0.4, -0.2) is 131 Å². The molecule has 0 saturated heterocycles. The van der Waals surface area contributed by atoms with Crippen LogP contribution in [0.2, 0.25) is 10.6 Å². The Morgan fingerprint density at radius 3 is 1.20 bits per heavy atom. The third-order valence-corrected chi connectivity index (χ3v) is 11.8. The number of aliphatic carboxylic acids is 4. The number of hydrogen-bond acceptors (Lipinski definition) is 10. The van der Waals surface area contributed by atoms with Crippen molar-refractivity contribution in [3.63, 3.8) is 0 Å². The van der Waals surface area contributed by atoms with E-state index in [0.717, 1.165) is 0 Å². The van der Waals surface area contributed by atoms with Crippen LogP contribution < -0.4 is 32.7 Å². The summed E-state index contributed by atoms with van der Waals surface area (Å²) in [6.07, 6.45) is -1.02. The van der Waals surface area contributed by atoms with Gasteiger partial charge in [0.25, 0.3) is 0 Å². The van der Waals surface area contributed by atoms with Crippen molar-refractivity contribution in [2.45, 2.75) is 60.5 Å². The number of nitrogens with two attached hydrogens (primary N) is 2. The fraction of sp³-hybridized carbons (Fsp3) is 0.600. The van der Waals surface area contributed by atoms with E-state index in [9.17, 15) is 38.4 Å². The Morgan fingerprint density at radius 2 is 0.925 bits per heavy atom. The number of nitrogens with one attached hydrogen (secondary N) is 4. The van der Waals surface area contributed by atoms with Crippen LogP contribution >= 0.6 is 0 Å². The summed E-state index contributed by atoms with van der Waals surface area (Å²) < 4.78 is 0. The minimum atomic E-state index is -1.32. The average molecular weight is 706 g/mol. The van der Waals surface area contributed by atoms with Crippen LogP contribution in [0.25, 0.3) is 0 Å². The first-order valence-electron chi connectivity index (χ1n) is 11.4. The van der Waals surface area contributed by atoms with Crippen molar-refractivity contribution < 1.29 is 58.8 Å². The van der Waals surface area contributed by atoms with Gasteiger partial charge in [-0.25, -0.2) is 0 Å². The van der Waals surface area contributed by atoms with Crippen LogP contribution in [0.4, 0.5) is 0 Å². The fourth-order valence-electron chi connectivity index (χ4n) is 2.52. The maximum absolute atomic E-state index is 12.4. The van der Waals surface area contributed by atoms with Gasteiger partial charge in [0.1, 0.15) is 0 Å². The van der Waals surface area contributed by atoms with Crippen LogP contribution in [-0.2, 0) is 38.4 Å². The molecule has 0 heterocycles. The van der Waals surface area contributed by atoms with Crippen molar-refractivity contribution in [3.05, 3.63) is 0 Å². The van der Waals surface area contributed by atoms with Crippen LogP contribution in [0.1, 0.15) is 25.7 Å². The summed E-state index contributed by atoms with van der Waals surface area (Å²) in [5, 5.41) is 44.4. The van der Waals surface area contributed by atoms with Gasteiger partial charge in [-0.1, -0.05) is 0 Å². The van der Waals surface area contributed by atoms with E-state index in [0.29, 0.717) is 0 Å². The van der Waals surface area contributed by atoms with Gasteiger partial charge in [-0.3, -0.25) is 0 Å². The predicted molar refractivity (Wildman–Crippen MR) is 136 cm³/mol. The molecule has 0 rings (SSSR count). The molecule has 0 aromatic carbocycles. The van der Waals surface area contributed by atoms with Gasteiger partial charge in [0.15, 0.2) is 0 Å². The van der Waals surface area contributed by atoms with Crippen LogP contribution in [0.5, 0.6) is 0 Å². The molecule has 4 atom stereocenters. The molecule has 0 aliphatic carbocycles. The molecule has 0 radical (unpaired) electrons. The molecule has 0 aromatic heterocycles. The fourth-order valence-corrected chi connectivity index (χ4v) is 9.55. The van der Waals surface area contributed by atoms with Crippen LogP contribution in [0.15, 0.2) is 0 Å². The number of rotatable bonds is 21. The van der Waals surface area contributed by atoms with Gasteiger partial charge in [-0.2, -0.15) is 0 Å². The third-order valence-electron chi connectivity index (χ3n) is 4.68. The molecule has 0 saturated carbocycles. The van der Waals surface area contributed by atoms with Crippen molar-refractivity contribution >= 4 is 73.8 Å². The Balaban J connectivity index is 5.18. The summed E-state index contributed by atoms with van der Waals surface area (Å²) in [7, 11) is 0. The summed E-state index contributed by atoms with van der Waals surface area (Å²) in [6, 6.07) is -4.92. The first-order chi connectivity index (χ1) is 18.6. The molecule has 0 aliphatic rings. The van der Waals surface area contributed by atoms with E-state index in [1.165, 1.54) is 0 Å². The second kappa shape index (κ2) is 19.7. The zero-order valence-electron chi connectivity index (χ0n) is 21.0. The molecule has 0 aliphatic heterocycles. The molecule has 0 bridgehead atoms. The van der Waals surface area contributed by atoms with E-state index in [1.54, 1.807) is 0 Å². The molecule has 20 heteroatoms. The topological polar surface area (TPSA) is 318 Å². The van der Waals surface area contributed by atoms with Crippen LogP contribution in [0, 0.1) is 0 Å².